The van der Waals surface area contributed by atoms with E-state index < -0.39 is 0 Å². The van der Waals surface area contributed by atoms with Crippen LogP contribution < -0.4 is 11.1 Å². The average Bonchev–Trinajstić information content (AvgIpc) is 2.36. The minimum absolute atomic E-state index is 0.00963. The van der Waals surface area contributed by atoms with Crippen LogP contribution in [-0.2, 0) is 0 Å². The van der Waals surface area contributed by atoms with E-state index >= 15 is 0 Å². The van der Waals surface area contributed by atoms with Crippen molar-refractivity contribution in [2.45, 2.75) is 58.4 Å². The van der Waals surface area contributed by atoms with Crippen molar-refractivity contribution < 1.29 is 4.79 Å². The zero-order valence-electron chi connectivity index (χ0n) is 12.9. The number of carbonyl (C=O) groups is 1. The van der Waals surface area contributed by atoms with Crippen molar-refractivity contribution in [3.63, 3.8) is 0 Å². The summed E-state index contributed by atoms with van der Waals surface area (Å²) in [5.41, 5.74) is 10.2. The number of hydrogen-bond acceptors (Lipinski definition) is 2. The molecule has 0 atom stereocenters. The maximum Gasteiger partial charge on any atom is 0.251 e. The molecule has 1 amide bonds. The quantitative estimate of drug-likeness (QED) is 0.890. The Bertz CT molecular complexity index is 479. The molecule has 20 heavy (non-hydrogen) atoms. The van der Waals surface area contributed by atoms with Crippen molar-refractivity contribution in [2.24, 2.45) is 5.73 Å². The lowest BCUT2D eigenvalue weighted by Crippen LogP contribution is -2.51. The number of nitrogens with one attached hydrogen (secondary N) is 1. The van der Waals surface area contributed by atoms with Crippen molar-refractivity contribution in [3.05, 3.63) is 34.4 Å². The standard InChI is InChI=1S/C17H26N2O/c1-12-9-13(2)15(14(3)10-12)16(20)19-11-17(18)7-5-4-6-8-17/h9-10H,4-8,11,18H2,1-3H3,(H,19,20). The topological polar surface area (TPSA) is 55.1 Å². The molecule has 0 radical (unpaired) electrons. The molecule has 1 aromatic carbocycles. The maximum absolute atomic E-state index is 12.4. The largest absolute Gasteiger partial charge is 0.350 e. The highest BCUT2D eigenvalue weighted by Crippen LogP contribution is 2.25. The van der Waals surface area contributed by atoms with E-state index in [9.17, 15) is 4.79 Å². The number of carbonyl (C=O) groups excluding carboxylic acids is 1. The van der Waals surface area contributed by atoms with Crippen LogP contribution in [0.2, 0.25) is 0 Å². The second-order valence-corrected chi connectivity index (χ2v) is 6.38. The van der Waals surface area contributed by atoms with Crippen molar-refractivity contribution in [3.8, 4) is 0 Å². The predicted octanol–water partition coefficient (Wildman–Crippen LogP) is 3.00. The molecular formula is C17H26N2O. The monoisotopic (exact) mass is 274 g/mol. The Morgan fingerprint density at radius 1 is 1.15 bits per heavy atom. The summed E-state index contributed by atoms with van der Waals surface area (Å²) in [6.45, 7) is 6.62. The normalized spacial score (nSPS) is 17.8. The molecule has 0 unspecified atom stereocenters. The summed E-state index contributed by atoms with van der Waals surface area (Å²) < 4.78 is 0. The zero-order chi connectivity index (χ0) is 14.8. The molecule has 1 fully saturated rings. The van der Waals surface area contributed by atoms with Gasteiger partial charge in [-0.25, -0.2) is 0 Å². The second-order valence-electron chi connectivity index (χ2n) is 6.38. The molecule has 1 aliphatic carbocycles. The molecule has 3 N–H and O–H groups in total. The van der Waals surface area contributed by atoms with Gasteiger partial charge in [-0.05, 0) is 44.7 Å². The van der Waals surface area contributed by atoms with E-state index in [2.05, 4.69) is 24.4 Å². The van der Waals surface area contributed by atoms with Gasteiger partial charge < -0.3 is 11.1 Å². The van der Waals surface area contributed by atoms with Crippen molar-refractivity contribution >= 4 is 5.91 Å². The number of hydrogen-bond donors (Lipinski definition) is 2. The SMILES string of the molecule is Cc1cc(C)c(C(=O)NCC2(N)CCCCC2)c(C)c1. The Morgan fingerprint density at radius 3 is 2.25 bits per heavy atom. The van der Waals surface area contributed by atoms with Gasteiger partial charge in [0.15, 0.2) is 0 Å². The Morgan fingerprint density at radius 2 is 1.70 bits per heavy atom. The lowest BCUT2D eigenvalue weighted by molar-refractivity contribution is 0.0936. The fraction of sp³-hybridized carbons (Fsp3) is 0.588. The van der Waals surface area contributed by atoms with Crippen molar-refractivity contribution in [2.75, 3.05) is 6.54 Å². The Kier molecular flexibility index (Phi) is 4.48. The fourth-order valence-electron chi connectivity index (χ4n) is 3.32. The van der Waals surface area contributed by atoms with Crippen LogP contribution in [-0.4, -0.2) is 18.0 Å². The van der Waals surface area contributed by atoms with Gasteiger partial charge in [0.25, 0.3) is 5.91 Å². The van der Waals surface area contributed by atoms with E-state index in [4.69, 9.17) is 5.73 Å². The van der Waals surface area contributed by atoms with Crippen LogP contribution >= 0.6 is 0 Å². The summed E-state index contributed by atoms with van der Waals surface area (Å²) in [7, 11) is 0. The van der Waals surface area contributed by atoms with E-state index in [-0.39, 0.29) is 11.4 Å². The van der Waals surface area contributed by atoms with Gasteiger partial charge in [-0.2, -0.15) is 0 Å². The fourth-order valence-corrected chi connectivity index (χ4v) is 3.32. The highest BCUT2D eigenvalue weighted by Gasteiger charge is 2.28. The molecule has 0 aliphatic heterocycles. The van der Waals surface area contributed by atoms with E-state index in [1.165, 1.54) is 24.8 Å². The lowest BCUT2D eigenvalue weighted by Gasteiger charge is -2.33. The Hall–Kier alpha value is -1.35. The average molecular weight is 274 g/mol. The molecule has 3 heteroatoms. The van der Waals surface area contributed by atoms with E-state index in [1.807, 2.05) is 13.8 Å². The summed E-state index contributed by atoms with van der Waals surface area (Å²) in [6.07, 6.45) is 5.64. The Balaban J connectivity index is 2.05. The molecule has 1 aromatic rings. The van der Waals surface area contributed by atoms with Crippen LogP contribution in [0.5, 0.6) is 0 Å². The first-order chi connectivity index (χ1) is 9.41. The third-order valence-corrected chi connectivity index (χ3v) is 4.35. The molecule has 2 rings (SSSR count). The van der Waals surface area contributed by atoms with Crippen molar-refractivity contribution in [1.82, 2.24) is 5.32 Å². The molecular weight excluding hydrogens is 248 g/mol. The minimum atomic E-state index is -0.208. The van der Waals surface area contributed by atoms with Gasteiger partial charge in [-0.15, -0.1) is 0 Å². The van der Waals surface area contributed by atoms with Crippen LogP contribution in [0.25, 0.3) is 0 Å². The number of aryl methyl sites for hydroxylation is 3. The van der Waals surface area contributed by atoms with Crippen LogP contribution in [0.1, 0.15) is 59.2 Å². The molecule has 110 valence electrons. The molecule has 0 saturated heterocycles. The summed E-state index contributed by atoms with van der Waals surface area (Å²) >= 11 is 0. The van der Waals surface area contributed by atoms with Crippen LogP contribution in [0.15, 0.2) is 12.1 Å². The molecule has 0 heterocycles. The van der Waals surface area contributed by atoms with Gasteiger partial charge >= 0.3 is 0 Å². The number of benzene rings is 1. The molecule has 0 bridgehead atoms. The number of rotatable bonds is 3. The van der Waals surface area contributed by atoms with E-state index in [0.29, 0.717) is 6.54 Å². The molecule has 1 aliphatic rings. The van der Waals surface area contributed by atoms with Gasteiger partial charge in [0.1, 0.15) is 0 Å². The van der Waals surface area contributed by atoms with Crippen LogP contribution in [0.4, 0.5) is 0 Å². The van der Waals surface area contributed by atoms with E-state index in [1.54, 1.807) is 0 Å². The predicted molar refractivity (Wildman–Crippen MR) is 83.0 cm³/mol. The first kappa shape index (κ1) is 15.0. The molecule has 0 spiro atoms. The summed E-state index contributed by atoms with van der Waals surface area (Å²) in [6, 6.07) is 4.11. The van der Waals surface area contributed by atoms with Gasteiger partial charge in [0, 0.05) is 17.6 Å². The zero-order valence-corrected chi connectivity index (χ0v) is 12.9. The van der Waals surface area contributed by atoms with Crippen molar-refractivity contribution in [1.29, 1.82) is 0 Å². The smallest absolute Gasteiger partial charge is 0.251 e. The van der Waals surface area contributed by atoms with E-state index in [0.717, 1.165) is 29.5 Å². The van der Waals surface area contributed by atoms with Crippen LogP contribution in [0.3, 0.4) is 0 Å². The highest BCUT2D eigenvalue weighted by atomic mass is 16.1. The Labute approximate surface area is 121 Å². The van der Waals surface area contributed by atoms with Gasteiger partial charge in [-0.3, -0.25) is 4.79 Å². The number of nitrogens with two attached hydrogens (primary N) is 1. The summed E-state index contributed by atoms with van der Waals surface area (Å²) in [4.78, 5) is 12.4. The number of amides is 1. The second kappa shape index (κ2) is 5.96. The summed E-state index contributed by atoms with van der Waals surface area (Å²) in [5, 5.41) is 3.05. The lowest BCUT2D eigenvalue weighted by atomic mass is 9.82. The van der Waals surface area contributed by atoms with Gasteiger partial charge in [0.05, 0.1) is 0 Å². The highest BCUT2D eigenvalue weighted by molar-refractivity contribution is 5.97. The third kappa shape index (κ3) is 3.40. The maximum atomic E-state index is 12.4. The third-order valence-electron chi connectivity index (χ3n) is 4.35. The van der Waals surface area contributed by atoms with Gasteiger partial charge in [-0.1, -0.05) is 37.0 Å². The first-order valence-electron chi connectivity index (χ1n) is 7.56. The molecule has 1 saturated carbocycles. The molecule has 0 aromatic heterocycles. The minimum Gasteiger partial charge on any atom is -0.350 e. The summed E-state index contributed by atoms with van der Waals surface area (Å²) in [5.74, 6) is 0.00963. The molecule has 3 nitrogen and oxygen atoms in total. The van der Waals surface area contributed by atoms with Crippen LogP contribution in [0, 0.1) is 20.8 Å². The van der Waals surface area contributed by atoms with Gasteiger partial charge in [0.2, 0.25) is 0 Å². The first-order valence-corrected chi connectivity index (χ1v) is 7.56.